The Hall–Kier alpha value is -3.06. The van der Waals surface area contributed by atoms with Crippen LogP contribution in [0, 0.1) is 5.92 Å². The minimum absolute atomic E-state index is 0.0178. The molecule has 0 saturated carbocycles. The van der Waals surface area contributed by atoms with Gasteiger partial charge < -0.3 is 25.0 Å². The van der Waals surface area contributed by atoms with Gasteiger partial charge in [-0.2, -0.15) is 0 Å². The zero-order valence-corrected chi connectivity index (χ0v) is 18.9. The smallest absolute Gasteiger partial charge is 0.253 e. The maximum absolute atomic E-state index is 12.8. The van der Waals surface area contributed by atoms with Gasteiger partial charge in [0.15, 0.2) is 0 Å². The summed E-state index contributed by atoms with van der Waals surface area (Å²) in [6.07, 6.45) is 2.06. The molecule has 1 fully saturated rings. The molecule has 7 heteroatoms. The second kappa shape index (κ2) is 12.1. The molecule has 0 aliphatic carbocycles. The number of benzene rings is 2. The average molecular weight is 440 g/mol. The molecule has 2 N–H and O–H groups in total. The van der Waals surface area contributed by atoms with Crippen LogP contribution in [0.2, 0.25) is 0 Å². The molecule has 0 unspecified atom stereocenters. The van der Waals surface area contributed by atoms with E-state index in [0.29, 0.717) is 42.7 Å². The molecule has 32 heavy (non-hydrogen) atoms. The van der Waals surface area contributed by atoms with Crippen LogP contribution >= 0.6 is 0 Å². The fourth-order valence-electron chi connectivity index (χ4n) is 3.60. The van der Waals surface area contributed by atoms with Crippen molar-refractivity contribution in [2.45, 2.75) is 26.7 Å². The zero-order chi connectivity index (χ0) is 22.8. The molecule has 0 atom stereocenters. The monoisotopic (exact) mass is 439 g/mol. The standard InChI is InChI=1S/C25H33N3O4/c1-3-31-15-16-32-23-10-5-4-9-22(23)26-18-24(29)27-21-8-6-7-20(17-21)25(30)28-13-11-19(2)12-14-28/h4-10,17,19,26H,3,11-16,18H2,1-2H3,(H,27,29). The van der Waals surface area contributed by atoms with Gasteiger partial charge in [-0.25, -0.2) is 0 Å². The minimum Gasteiger partial charge on any atom is -0.489 e. The molecule has 1 heterocycles. The first-order valence-electron chi connectivity index (χ1n) is 11.3. The molecule has 2 aromatic rings. The van der Waals surface area contributed by atoms with Crippen molar-refractivity contribution in [3.05, 3.63) is 54.1 Å². The highest BCUT2D eigenvalue weighted by atomic mass is 16.5. The largest absolute Gasteiger partial charge is 0.489 e. The lowest BCUT2D eigenvalue weighted by atomic mass is 9.98. The molecular formula is C25H33N3O4. The van der Waals surface area contributed by atoms with Gasteiger partial charge in [0.1, 0.15) is 12.4 Å². The summed E-state index contributed by atoms with van der Waals surface area (Å²) in [5.74, 6) is 1.15. The highest BCUT2D eigenvalue weighted by molar-refractivity contribution is 5.98. The molecule has 3 rings (SSSR count). The van der Waals surface area contributed by atoms with Crippen LogP contribution in [0.4, 0.5) is 11.4 Å². The van der Waals surface area contributed by atoms with E-state index in [1.807, 2.05) is 36.1 Å². The molecule has 0 radical (unpaired) electrons. The Kier molecular flexibility index (Phi) is 8.92. The summed E-state index contributed by atoms with van der Waals surface area (Å²) in [5.41, 5.74) is 1.94. The lowest BCUT2D eigenvalue weighted by Gasteiger charge is -2.30. The number of ether oxygens (including phenoxy) is 2. The Labute approximate surface area is 190 Å². The van der Waals surface area contributed by atoms with E-state index >= 15 is 0 Å². The van der Waals surface area contributed by atoms with Crippen LogP contribution in [0.15, 0.2) is 48.5 Å². The third kappa shape index (κ3) is 6.99. The Bertz CT molecular complexity index is 894. The van der Waals surface area contributed by atoms with Crippen molar-refractivity contribution in [2.75, 3.05) is 50.1 Å². The second-order valence-corrected chi connectivity index (χ2v) is 8.00. The van der Waals surface area contributed by atoms with Crippen molar-refractivity contribution in [1.29, 1.82) is 0 Å². The highest BCUT2D eigenvalue weighted by Crippen LogP contribution is 2.23. The summed E-state index contributed by atoms with van der Waals surface area (Å²) in [6, 6.07) is 14.6. The van der Waals surface area contributed by atoms with Crippen molar-refractivity contribution in [3.63, 3.8) is 0 Å². The van der Waals surface area contributed by atoms with Crippen LogP contribution in [-0.2, 0) is 9.53 Å². The molecule has 0 aromatic heterocycles. The lowest BCUT2D eigenvalue weighted by molar-refractivity contribution is -0.114. The van der Waals surface area contributed by atoms with Gasteiger partial charge in [-0.15, -0.1) is 0 Å². The topological polar surface area (TPSA) is 79.9 Å². The summed E-state index contributed by atoms with van der Waals surface area (Å²) >= 11 is 0. The van der Waals surface area contributed by atoms with Gasteiger partial charge in [0.2, 0.25) is 5.91 Å². The first-order chi connectivity index (χ1) is 15.6. The van der Waals surface area contributed by atoms with Crippen LogP contribution in [-0.4, -0.2) is 56.2 Å². The number of carbonyl (C=O) groups excluding carboxylic acids is 2. The summed E-state index contributed by atoms with van der Waals surface area (Å²) in [5, 5.41) is 5.98. The van der Waals surface area contributed by atoms with E-state index in [1.165, 1.54) is 0 Å². The van der Waals surface area contributed by atoms with E-state index in [0.717, 1.165) is 31.6 Å². The van der Waals surface area contributed by atoms with Gasteiger partial charge in [0, 0.05) is 30.9 Å². The fourth-order valence-corrected chi connectivity index (χ4v) is 3.60. The van der Waals surface area contributed by atoms with Gasteiger partial charge >= 0.3 is 0 Å². The summed E-state index contributed by atoms with van der Waals surface area (Å²) in [7, 11) is 0. The maximum atomic E-state index is 12.8. The Morgan fingerprint density at radius 1 is 1.06 bits per heavy atom. The van der Waals surface area contributed by atoms with Crippen LogP contribution in [0.25, 0.3) is 0 Å². The predicted molar refractivity (Wildman–Crippen MR) is 126 cm³/mol. The van der Waals surface area contributed by atoms with Crippen molar-refractivity contribution >= 4 is 23.2 Å². The predicted octanol–water partition coefficient (Wildman–Crippen LogP) is 4.02. The number of piperidine rings is 1. The normalized spacial score (nSPS) is 14.1. The second-order valence-electron chi connectivity index (χ2n) is 8.00. The number of amides is 2. The SMILES string of the molecule is CCOCCOc1ccccc1NCC(=O)Nc1cccc(C(=O)N2CCC(C)CC2)c1. The molecule has 2 aromatic carbocycles. The Balaban J connectivity index is 1.52. The van der Waals surface area contributed by atoms with Crippen LogP contribution in [0.3, 0.4) is 0 Å². The number of likely N-dealkylation sites (tertiary alicyclic amines) is 1. The Morgan fingerprint density at radius 3 is 2.62 bits per heavy atom. The molecular weight excluding hydrogens is 406 g/mol. The fraction of sp³-hybridized carbons (Fsp3) is 0.440. The molecule has 172 valence electrons. The van der Waals surface area contributed by atoms with Crippen molar-refractivity contribution < 1.29 is 19.1 Å². The lowest BCUT2D eigenvalue weighted by Crippen LogP contribution is -2.37. The van der Waals surface area contributed by atoms with E-state index in [2.05, 4.69) is 17.6 Å². The average Bonchev–Trinajstić information content (AvgIpc) is 2.81. The molecule has 1 aliphatic rings. The van der Waals surface area contributed by atoms with Crippen molar-refractivity contribution in [1.82, 2.24) is 4.90 Å². The van der Waals surface area contributed by atoms with E-state index in [-0.39, 0.29) is 18.4 Å². The minimum atomic E-state index is -0.203. The zero-order valence-electron chi connectivity index (χ0n) is 18.9. The number of carbonyl (C=O) groups is 2. The number of nitrogens with zero attached hydrogens (tertiary/aromatic N) is 1. The van der Waals surface area contributed by atoms with E-state index < -0.39 is 0 Å². The number of nitrogens with one attached hydrogen (secondary N) is 2. The number of hydrogen-bond acceptors (Lipinski definition) is 5. The summed E-state index contributed by atoms with van der Waals surface area (Å²) < 4.78 is 11.0. The molecule has 1 aliphatic heterocycles. The van der Waals surface area contributed by atoms with Gasteiger partial charge in [-0.1, -0.05) is 25.1 Å². The van der Waals surface area contributed by atoms with Gasteiger partial charge in [-0.05, 0) is 56.0 Å². The third-order valence-electron chi connectivity index (χ3n) is 5.48. The molecule has 7 nitrogen and oxygen atoms in total. The summed E-state index contributed by atoms with van der Waals surface area (Å²) in [6.45, 7) is 7.40. The van der Waals surface area contributed by atoms with Crippen LogP contribution in [0.5, 0.6) is 5.75 Å². The number of hydrogen-bond donors (Lipinski definition) is 2. The Morgan fingerprint density at radius 2 is 1.84 bits per heavy atom. The molecule has 1 saturated heterocycles. The first-order valence-corrected chi connectivity index (χ1v) is 11.3. The van der Waals surface area contributed by atoms with Gasteiger partial charge in [0.25, 0.3) is 5.91 Å². The van der Waals surface area contributed by atoms with E-state index in [1.54, 1.807) is 24.3 Å². The maximum Gasteiger partial charge on any atom is 0.253 e. The number of para-hydroxylation sites is 2. The quantitative estimate of drug-likeness (QED) is 0.547. The van der Waals surface area contributed by atoms with Gasteiger partial charge in [0.05, 0.1) is 18.8 Å². The summed E-state index contributed by atoms with van der Waals surface area (Å²) in [4.78, 5) is 27.2. The van der Waals surface area contributed by atoms with Gasteiger partial charge in [-0.3, -0.25) is 9.59 Å². The third-order valence-corrected chi connectivity index (χ3v) is 5.48. The first kappa shape index (κ1) is 23.6. The molecule has 0 bridgehead atoms. The highest BCUT2D eigenvalue weighted by Gasteiger charge is 2.21. The number of rotatable bonds is 10. The molecule has 0 spiro atoms. The van der Waals surface area contributed by atoms with Crippen molar-refractivity contribution in [2.24, 2.45) is 5.92 Å². The molecule has 2 amide bonds. The van der Waals surface area contributed by atoms with E-state index in [9.17, 15) is 9.59 Å². The van der Waals surface area contributed by atoms with Crippen LogP contribution < -0.4 is 15.4 Å². The van der Waals surface area contributed by atoms with Crippen LogP contribution in [0.1, 0.15) is 37.0 Å². The van der Waals surface area contributed by atoms with Crippen molar-refractivity contribution in [3.8, 4) is 5.75 Å². The number of anilines is 2. The van der Waals surface area contributed by atoms with E-state index in [4.69, 9.17) is 9.47 Å².